The van der Waals surface area contributed by atoms with Gasteiger partial charge in [-0.15, -0.1) is 0 Å². The predicted molar refractivity (Wildman–Crippen MR) is 109 cm³/mol. The number of carbonyl (C=O) groups excluding carboxylic acids is 2. The van der Waals surface area contributed by atoms with Crippen molar-refractivity contribution in [3.8, 4) is 23.0 Å². The molecule has 7 heteroatoms. The van der Waals surface area contributed by atoms with Crippen molar-refractivity contribution in [1.29, 1.82) is 0 Å². The van der Waals surface area contributed by atoms with Crippen LogP contribution < -0.4 is 18.9 Å². The van der Waals surface area contributed by atoms with Crippen LogP contribution in [0.1, 0.15) is 29.8 Å². The Morgan fingerprint density at radius 3 is 2.07 bits per heavy atom. The van der Waals surface area contributed by atoms with Gasteiger partial charge in [-0.05, 0) is 49.7 Å². The number of hydrogen-bond acceptors (Lipinski definition) is 6. The molecule has 0 radical (unpaired) electrons. The van der Waals surface area contributed by atoms with E-state index in [1.54, 1.807) is 37.3 Å². The first-order valence-corrected chi connectivity index (χ1v) is 9.23. The van der Waals surface area contributed by atoms with Crippen LogP contribution in [0.15, 0.2) is 36.4 Å². The quantitative estimate of drug-likeness (QED) is 0.569. The van der Waals surface area contributed by atoms with Crippen molar-refractivity contribution in [2.24, 2.45) is 0 Å². The molecule has 0 N–H and O–H groups in total. The molecule has 0 aromatic heterocycles. The lowest BCUT2D eigenvalue weighted by Crippen LogP contribution is -2.34. The molecule has 0 saturated carbocycles. The summed E-state index contributed by atoms with van der Waals surface area (Å²) in [5.41, 5.74) is 1.44. The van der Waals surface area contributed by atoms with E-state index in [1.165, 1.54) is 14.0 Å². The molecule has 0 bridgehead atoms. The minimum atomic E-state index is -0.167. The fraction of sp³-hybridized carbons (Fsp3) is 0.364. The van der Waals surface area contributed by atoms with Gasteiger partial charge in [0, 0.05) is 18.7 Å². The fourth-order valence-electron chi connectivity index (χ4n) is 2.81. The van der Waals surface area contributed by atoms with Gasteiger partial charge < -0.3 is 23.8 Å². The topological polar surface area (TPSA) is 74.3 Å². The van der Waals surface area contributed by atoms with E-state index in [2.05, 4.69) is 0 Å². The molecule has 0 saturated heterocycles. The number of ketones is 1. The van der Waals surface area contributed by atoms with E-state index in [4.69, 9.17) is 18.9 Å². The first kappa shape index (κ1) is 22.1. The largest absolute Gasteiger partial charge is 0.493 e. The molecule has 0 unspecified atom stereocenters. The molecular formula is C22H27NO6. The van der Waals surface area contributed by atoms with E-state index in [0.717, 1.165) is 5.56 Å². The van der Waals surface area contributed by atoms with Crippen LogP contribution >= 0.6 is 0 Å². The summed E-state index contributed by atoms with van der Waals surface area (Å²) < 4.78 is 21.5. The first-order valence-electron chi connectivity index (χ1n) is 9.23. The Hall–Kier alpha value is -3.22. The molecule has 0 atom stereocenters. The van der Waals surface area contributed by atoms with Gasteiger partial charge in [-0.3, -0.25) is 9.59 Å². The number of amides is 1. The Balaban J connectivity index is 2.06. The van der Waals surface area contributed by atoms with Crippen molar-refractivity contribution in [1.82, 2.24) is 4.90 Å². The third-order valence-electron chi connectivity index (χ3n) is 4.48. The molecule has 29 heavy (non-hydrogen) atoms. The van der Waals surface area contributed by atoms with Gasteiger partial charge in [0.1, 0.15) is 0 Å². The highest BCUT2D eigenvalue weighted by molar-refractivity contribution is 5.94. The number of benzene rings is 2. The van der Waals surface area contributed by atoms with Gasteiger partial charge in [0.2, 0.25) is 0 Å². The molecule has 0 fully saturated rings. The number of hydrogen-bond donors (Lipinski definition) is 0. The Labute approximate surface area is 171 Å². The van der Waals surface area contributed by atoms with Crippen molar-refractivity contribution < 1.29 is 28.5 Å². The summed E-state index contributed by atoms with van der Waals surface area (Å²) in [4.78, 5) is 25.8. The van der Waals surface area contributed by atoms with Crippen LogP contribution in [0.3, 0.4) is 0 Å². The smallest absolute Gasteiger partial charge is 0.260 e. The van der Waals surface area contributed by atoms with Crippen LogP contribution in [-0.4, -0.2) is 51.1 Å². The van der Waals surface area contributed by atoms with Crippen molar-refractivity contribution in [2.75, 3.05) is 34.5 Å². The fourth-order valence-corrected chi connectivity index (χ4v) is 2.81. The SMILES string of the molecule is CCN(Cc1ccc(OC)c(OC)c1)C(=O)COc1ccc(C(C)=O)cc1OC. The highest BCUT2D eigenvalue weighted by atomic mass is 16.5. The second-order valence-electron chi connectivity index (χ2n) is 6.31. The maximum absolute atomic E-state index is 12.7. The van der Waals surface area contributed by atoms with Gasteiger partial charge in [0.05, 0.1) is 21.3 Å². The Bertz CT molecular complexity index is 864. The number of methoxy groups -OCH3 is 3. The average Bonchev–Trinajstić information content (AvgIpc) is 2.75. The second-order valence-corrected chi connectivity index (χ2v) is 6.31. The maximum atomic E-state index is 12.7. The van der Waals surface area contributed by atoms with Crippen molar-refractivity contribution >= 4 is 11.7 Å². The molecule has 2 rings (SSSR count). The minimum Gasteiger partial charge on any atom is -0.493 e. The average molecular weight is 401 g/mol. The van der Waals surface area contributed by atoms with Gasteiger partial charge in [-0.1, -0.05) is 6.07 Å². The third kappa shape index (κ3) is 5.63. The zero-order valence-corrected chi connectivity index (χ0v) is 17.5. The van der Waals surface area contributed by atoms with Crippen LogP contribution in [-0.2, 0) is 11.3 Å². The zero-order valence-electron chi connectivity index (χ0n) is 17.5. The van der Waals surface area contributed by atoms with Gasteiger partial charge in [0.15, 0.2) is 35.4 Å². The molecule has 0 heterocycles. The van der Waals surface area contributed by atoms with Crippen molar-refractivity contribution in [3.05, 3.63) is 47.5 Å². The lowest BCUT2D eigenvalue weighted by molar-refractivity contribution is -0.133. The summed E-state index contributed by atoms with van der Waals surface area (Å²) in [7, 11) is 4.64. The zero-order chi connectivity index (χ0) is 21.4. The van der Waals surface area contributed by atoms with Crippen LogP contribution in [0.2, 0.25) is 0 Å². The highest BCUT2D eigenvalue weighted by Gasteiger charge is 2.16. The van der Waals surface area contributed by atoms with Gasteiger partial charge in [-0.25, -0.2) is 0 Å². The summed E-state index contributed by atoms with van der Waals surface area (Å²) in [6, 6.07) is 10.4. The Kier molecular flexibility index (Phi) is 7.88. The van der Waals surface area contributed by atoms with Crippen LogP contribution in [0.4, 0.5) is 0 Å². The molecule has 0 aliphatic rings. The summed E-state index contributed by atoms with van der Waals surface area (Å²) in [5, 5.41) is 0. The number of Topliss-reactive ketones (excluding diaryl/α,β-unsaturated/α-hetero) is 1. The summed E-state index contributed by atoms with van der Waals surface area (Å²) in [6.45, 7) is 4.18. The number of rotatable bonds is 10. The van der Waals surface area contributed by atoms with E-state index in [9.17, 15) is 9.59 Å². The van der Waals surface area contributed by atoms with Crippen LogP contribution in [0.25, 0.3) is 0 Å². The Morgan fingerprint density at radius 1 is 0.862 bits per heavy atom. The van der Waals surface area contributed by atoms with Crippen LogP contribution in [0.5, 0.6) is 23.0 Å². The molecule has 7 nitrogen and oxygen atoms in total. The minimum absolute atomic E-state index is 0.0713. The second kappa shape index (κ2) is 10.4. The monoisotopic (exact) mass is 401 g/mol. The van der Waals surface area contributed by atoms with Gasteiger partial charge >= 0.3 is 0 Å². The maximum Gasteiger partial charge on any atom is 0.260 e. The number of carbonyl (C=O) groups is 2. The van der Waals surface area contributed by atoms with Gasteiger partial charge in [0.25, 0.3) is 5.91 Å². The molecule has 0 aliphatic heterocycles. The summed E-state index contributed by atoms with van der Waals surface area (Å²) >= 11 is 0. The molecule has 2 aromatic carbocycles. The molecule has 2 aromatic rings. The lowest BCUT2D eigenvalue weighted by Gasteiger charge is -2.22. The lowest BCUT2D eigenvalue weighted by atomic mass is 10.1. The van der Waals surface area contributed by atoms with Crippen molar-refractivity contribution in [2.45, 2.75) is 20.4 Å². The number of ether oxygens (including phenoxy) is 4. The summed E-state index contributed by atoms with van der Waals surface area (Å²) in [5.74, 6) is 1.83. The predicted octanol–water partition coefficient (Wildman–Crippen LogP) is 3.34. The molecule has 1 amide bonds. The molecule has 0 spiro atoms. The van der Waals surface area contributed by atoms with E-state index >= 15 is 0 Å². The first-order chi connectivity index (χ1) is 13.9. The number of nitrogens with zero attached hydrogens (tertiary/aromatic N) is 1. The van der Waals surface area contributed by atoms with E-state index in [1.807, 2.05) is 25.1 Å². The number of likely N-dealkylation sites (N-methyl/N-ethyl adjacent to an activating group) is 1. The van der Waals surface area contributed by atoms with Crippen molar-refractivity contribution in [3.63, 3.8) is 0 Å². The summed E-state index contributed by atoms with van der Waals surface area (Å²) in [6.07, 6.45) is 0. The van der Waals surface area contributed by atoms with E-state index in [-0.39, 0.29) is 18.3 Å². The standard InChI is InChI=1S/C22H27NO6/c1-6-23(13-16-7-9-18(26-3)20(11-16)27-4)22(25)14-29-19-10-8-17(15(2)24)12-21(19)28-5/h7-12H,6,13-14H2,1-5H3. The van der Waals surface area contributed by atoms with Gasteiger partial charge in [-0.2, -0.15) is 0 Å². The molecular weight excluding hydrogens is 374 g/mol. The highest BCUT2D eigenvalue weighted by Crippen LogP contribution is 2.29. The molecule has 0 aliphatic carbocycles. The normalized spacial score (nSPS) is 10.2. The van der Waals surface area contributed by atoms with E-state index in [0.29, 0.717) is 41.7 Å². The van der Waals surface area contributed by atoms with E-state index < -0.39 is 0 Å². The third-order valence-corrected chi connectivity index (χ3v) is 4.48. The Morgan fingerprint density at radius 2 is 1.48 bits per heavy atom. The molecule has 156 valence electrons. The van der Waals surface area contributed by atoms with Crippen LogP contribution in [0, 0.1) is 0 Å².